The molecule has 0 bridgehead atoms. The van der Waals surface area contributed by atoms with Gasteiger partial charge >= 0.3 is 0 Å². The van der Waals surface area contributed by atoms with E-state index >= 15 is 0 Å². The Balaban J connectivity index is 1.38. The highest BCUT2D eigenvalue weighted by molar-refractivity contribution is 5.90. The number of anilines is 1. The first-order chi connectivity index (χ1) is 14.9. The number of hydrogen-bond donors (Lipinski definition) is 1. The lowest BCUT2D eigenvalue weighted by molar-refractivity contribution is -0.131. The number of amides is 1. The fourth-order valence-electron chi connectivity index (χ4n) is 5.62. The Bertz CT molecular complexity index is 1050. The number of aromatic nitrogens is 3. The highest BCUT2D eigenvalue weighted by Gasteiger charge is 2.61. The average Bonchev–Trinajstić information content (AvgIpc) is 3.45. The second-order valence-corrected chi connectivity index (χ2v) is 9.82. The zero-order valence-electron chi connectivity index (χ0n) is 18.5. The molecule has 0 radical (unpaired) electrons. The van der Waals surface area contributed by atoms with Crippen molar-refractivity contribution in [1.29, 1.82) is 0 Å². The fourth-order valence-corrected chi connectivity index (χ4v) is 5.62. The number of ketones is 1. The lowest BCUT2D eigenvalue weighted by Crippen LogP contribution is -2.42. The van der Waals surface area contributed by atoms with Crippen molar-refractivity contribution in [3.63, 3.8) is 0 Å². The summed E-state index contributed by atoms with van der Waals surface area (Å²) in [6, 6.07) is 2.03. The third-order valence-corrected chi connectivity index (χ3v) is 7.96. The van der Waals surface area contributed by atoms with Crippen molar-refractivity contribution in [2.75, 3.05) is 31.6 Å². The predicted molar refractivity (Wildman–Crippen MR) is 120 cm³/mol. The van der Waals surface area contributed by atoms with E-state index in [-0.39, 0.29) is 16.7 Å². The first-order valence-electron chi connectivity index (χ1n) is 11.4. The van der Waals surface area contributed by atoms with E-state index < -0.39 is 0 Å². The van der Waals surface area contributed by atoms with Crippen LogP contribution in [0.25, 0.3) is 11.0 Å². The number of rotatable bonds is 4. The first kappa shape index (κ1) is 20.2. The largest absolute Gasteiger partial charge is 0.355 e. The van der Waals surface area contributed by atoms with Crippen molar-refractivity contribution in [3.8, 4) is 0 Å². The Morgan fingerprint density at radius 3 is 2.87 bits per heavy atom. The molecule has 5 rings (SSSR count). The molecule has 1 saturated heterocycles. The van der Waals surface area contributed by atoms with Gasteiger partial charge in [0.25, 0.3) is 0 Å². The summed E-state index contributed by atoms with van der Waals surface area (Å²) in [5.41, 5.74) is 1.50. The summed E-state index contributed by atoms with van der Waals surface area (Å²) >= 11 is 0. The van der Waals surface area contributed by atoms with Gasteiger partial charge in [-0.1, -0.05) is 18.6 Å². The molecule has 7 nitrogen and oxygen atoms in total. The number of aromatic amines is 1. The van der Waals surface area contributed by atoms with Crippen LogP contribution in [0.5, 0.6) is 0 Å². The van der Waals surface area contributed by atoms with Crippen LogP contribution in [0.2, 0.25) is 0 Å². The van der Waals surface area contributed by atoms with E-state index in [0.29, 0.717) is 18.6 Å². The van der Waals surface area contributed by atoms with Gasteiger partial charge in [-0.3, -0.25) is 9.59 Å². The van der Waals surface area contributed by atoms with Crippen molar-refractivity contribution >= 4 is 28.5 Å². The number of nitrogens with one attached hydrogen (secondary N) is 1. The molecule has 1 unspecified atom stereocenters. The van der Waals surface area contributed by atoms with Crippen LogP contribution in [0.4, 0.5) is 5.82 Å². The molecule has 1 amide bonds. The number of Topliss-reactive ketones (excluding diaryl/α,β-unsaturated/α-hetero) is 1. The van der Waals surface area contributed by atoms with Gasteiger partial charge in [-0.2, -0.15) is 0 Å². The summed E-state index contributed by atoms with van der Waals surface area (Å²) in [4.78, 5) is 42.2. The Morgan fingerprint density at radius 1 is 1.23 bits per heavy atom. The zero-order chi connectivity index (χ0) is 21.6. The lowest BCUT2D eigenvalue weighted by atomic mass is 9.67. The molecule has 1 spiro atoms. The van der Waals surface area contributed by atoms with Gasteiger partial charge in [0.2, 0.25) is 5.91 Å². The topological polar surface area (TPSA) is 82.2 Å². The molecule has 2 aromatic heterocycles. The van der Waals surface area contributed by atoms with Gasteiger partial charge in [-0.15, -0.1) is 0 Å². The molecule has 2 fully saturated rings. The van der Waals surface area contributed by atoms with Crippen molar-refractivity contribution in [2.24, 2.45) is 10.8 Å². The summed E-state index contributed by atoms with van der Waals surface area (Å²) in [5, 5.41) is 1.04. The van der Waals surface area contributed by atoms with Crippen molar-refractivity contribution < 1.29 is 9.59 Å². The molecule has 7 heteroatoms. The molecule has 31 heavy (non-hydrogen) atoms. The molecule has 3 aliphatic rings. The second-order valence-electron chi connectivity index (χ2n) is 9.82. The highest BCUT2D eigenvalue weighted by atomic mass is 16.2. The number of H-pyrrole nitrogens is 1. The lowest BCUT2D eigenvalue weighted by Gasteiger charge is -2.37. The zero-order valence-corrected chi connectivity index (χ0v) is 18.5. The molecule has 2 aliphatic heterocycles. The Labute approximate surface area is 182 Å². The standard InChI is InChI=1S/C24H31N5O2/c1-23(19(30)13-17-5-3-11-28(2)20(31)14-17)7-4-12-29(15-24(23)8-9-24)22-18-6-10-25-21(18)26-16-27-22/h5-6,10,16H,3-4,7-9,11-15H2,1-2H3,(H,25,26,27). The SMILES string of the molecule is CN1CCC=C(CC(=O)C2(C)CCCN(c3ncnc4[nH]ccc34)CC23CC3)CC1=O. The summed E-state index contributed by atoms with van der Waals surface area (Å²) in [6.07, 6.45) is 11.3. The maximum Gasteiger partial charge on any atom is 0.226 e. The minimum atomic E-state index is -0.353. The van der Waals surface area contributed by atoms with Crippen molar-refractivity contribution in [1.82, 2.24) is 19.9 Å². The highest BCUT2D eigenvalue weighted by Crippen LogP contribution is 2.63. The normalized spacial score (nSPS) is 26.0. The second kappa shape index (κ2) is 7.46. The molecule has 1 aliphatic carbocycles. The van der Waals surface area contributed by atoms with E-state index in [1.165, 1.54) is 0 Å². The number of nitrogens with zero attached hydrogens (tertiary/aromatic N) is 4. The van der Waals surface area contributed by atoms with Crippen LogP contribution in [0, 0.1) is 10.8 Å². The third kappa shape index (κ3) is 3.44. The number of carbonyl (C=O) groups excluding carboxylic acids is 2. The molecular weight excluding hydrogens is 390 g/mol. The van der Waals surface area contributed by atoms with Crippen LogP contribution in [-0.2, 0) is 9.59 Å². The molecule has 0 aromatic carbocycles. The number of fused-ring (bicyclic) bond motifs is 1. The van der Waals surface area contributed by atoms with Crippen LogP contribution in [0.3, 0.4) is 0 Å². The Hall–Kier alpha value is -2.70. The van der Waals surface area contributed by atoms with E-state index in [4.69, 9.17) is 0 Å². The Kier molecular flexibility index (Phi) is 4.87. The minimum Gasteiger partial charge on any atom is -0.355 e. The smallest absolute Gasteiger partial charge is 0.226 e. The van der Waals surface area contributed by atoms with E-state index in [2.05, 4.69) is 32.9 Å². The summed E-state index contributed by atoms with van der Waals surface area (Å²) in [5.74, 6) is 1.40. The molecule has 2 aromatic rings. The van der Waals surface area contributed by atoms with Crippen LogP contribution >= 0.6 is 0 Å². The number of carbonyl (C=O) groups is 2. The Morgan fingerprint density at radius 2 is 2.06 bits per heavy atom. The van der Waals surface area contributed by atoms with Crippen molar-refractivity contribution in [2.45, 2.75) is 51.9 Å². The summed E-state index contributed by atoms with van der Waals surface area (Å²) in [6.45, 7) is 4.67. The third-order valence-electron chi connectivity index (χ3n) is 7.96. The van der Waals surface area contributed by atoms with Crippen LogP contribution < -0.4 is 4.90 Å². The van der Waals surface area contributed by atoms with Crippen LogP contribution in [-0.4, -0.2) is 58.2 Å². The van der Waals surface area contributed by atoms with Gasteiger partial charge in [0, 0.05) is 56.6 Å². The van der Waals surface area contributed by atoms with Gasteiger partial charge in [0.05, 0.1) is 5.39 Å². The molecule has 1 N–H and O–H groups in total. The molecule has 164 valence electrons. The van der Waals surface area contributed by atoms with Crippen molar-refractivity contribution in [3.05, 3.63) is 30.2 Å². The maximum atomic E-state index is 13.7. The summed E-state index contributed by atoms with van der Waals surface area (Å²) < 4.78 is 0. The molecule has 1 atom stereocenters. The molecule has 4 heterocycles. The van der Waals surface area contributed by atoms with E-state index in [0.717, 1.165) is 74.2 Å². The predicted octanol–water partition coefficient (Wildman–Crippen LogP) is 3.48. The van der Waals surface area contributed by atoms with Crippen LogP contribution in [0.15, 0.2) is 30.2 Å². The summed E-state index contributed by atoms with van der Waals surface area (Å²) in [7, 11) is 1.84. The van der Waals surface area contributed by atoms with E-state index in [9.17, 15) is 9.59 Å². The monoisotopic (exact) mass is 421 g/mol. The van der Waals surface area contributed by atoms with E-state index in [1.807, 2.05) is 19.3 Å². The van der Waals surface area contributed by atoms with Gasteiger partial charge in [0.1, 0.15) is 23.6 Å². The van der Waals surface area contributed by atoms with Gasteiger partial charge < -0.3 is 14.8 Å². The fraction of sp³-hybridized carbons (Fsp3) is 0.583. The van der Waals surface area contributed by atoms with Gasteiger partial charge in [-0.05, 0) is 38.2 Å². The average molecular weight is 422 g/mol. The van der Waals surface area contributed by atoms with Gasteiger partial charge in [-0.25, -0.2) is 9.97 Å². The van der Waals surface area contributed by atoms with Gasteiger partial charge in [0.15, 0.2) is 0 Å². The maximum absolute atomic E-state index is 13.7. The molecule has 1 saturated carbocycles. The first-order valence-corrected chi connectivity index (χ1v) is 11.4. The quantitative estimate of drug-likeness (QED) is 0.765. The minimum absolute atomic E-state index is 0.000252. The van der Waals surface area contributed by atoms with Crippen LogP contribution in [0.1, 0.15) is 51.9 Å². The van der Waals surface area contributed by atoms with E-state index in [1.54, 1.807) is 11.2 Å². The number of hydrogen-bond acceptors (Lipinski definition) is 5. The molecular formula is C24H31N5O2.